The number of nitrogens with zero attached hydrogens (tertiary/aromatic N) is 2. The number of hydrogen-bond acceptors (Lipinski definition) is 4. The summed E-state index contributed by atoms with van der Waals surface area (Å²) in [6.07, 6.45) is 1.94. The summed E-state index contributed by atoms with van der Waals surface area (Å²) in [7, 11) is 0. The number of carbonyl (C=O) groups excluding carboxylic acids is 1. The van der Waals surface area contributed by atoms with Gasteiger partial charge in [0.25, 0.3) is 5.91 Å². The number of benzene rings is 2. The molecule has 27 heavy (non-hydrogen) atoms. The monoisotopic (exact) mass is 366 g/mol. The highest BCUT2D eigenvalue weighted by atomic mass is 19.1. The predicted octanol–water partition coefficient (Wildman–Crippen LogP) is 3.98. The summed E-state index contributed by atoms with van der Waals surface area (Å²) < 4.78 is 23.8. The van der Waals surface area contributed by atoms with Crippen LogP contribution in [0.2, 0.25) is 0 Å². The molecular weight excluding hydrogens is 347 g/mol. The molecule has 0 atom stereocenters. The molecule has 5 nitrogen and oxygen atoms in total. The van der Waals surface area contributed by atoms with Gasteiger partial charge in [-0.05, 0) is 48.7 Å². The number of carbonyl (C=O) groups is 1. The molecule has 0 fully saturated rings. The van der Waals surface area contributed by atoms with Gasteiger partial charge in [-0.15, -0.1) is 0 Å². The van der Waals surface area contributed by atoms with Crippen molar-refractivity contribution >= 4 is 11.6 Å². The van der Waals surface area contributed by atoms with E-state index in [0.29, 0.717) is 18.0 Å². The van der Waals surface area contributed by atoms with E-state index < -0.39 is 0 Å². The first kappa shape index (κ1) is 17.4. The van der Waals surface area contributed by atoms with Gasteiger partial charge in [0.15, 0.2) is 5.76 Å². The van der Waals surface area contributed by atoms with Gasteiger partial charge in [-0.25, -0.2) is 4.39 Å². The fourth-order valence-electron chi connectivity index (χ4n) is 3.24. The normalized spacial score (nSPS) is 13.4. The minimum absolute atomic E-state index is 0.0208. The van der Waals surface area contributed by atoms with Crippen LogP contribution in [0.5, 0.6) is 0 Å². The van der Waals surface area contributed by atoms with Crippen LogP contribution in [0, 0.1) is 5.82 Å². The van der Waals surface area contributed by atoms with Crippen molar-refractivity contribution in [3.05, 3.63) is 71.7 Å². The molecule has 0 N–H and O–H groups in total. The highest BCUT2D eigenvalue weighted by Crippen LogP contribution is 2.27. The molecule has 0 aliphatic carbocycles. The van der Waals surface area contributed by atoms with Crippen molar-refractivity contribution in [3.63, 3.8) is 0 Å². The van der Waals surface area contributed by atoms with Gasteiger partial charge >= 0.3 is 0 Å². The Bertz CT molecular complexity index is 937. The number of amides is 1. The van der Waals surface area contributed by atoms with E-state index in [-0.39, 0.29) is 24.9 Å². The van der Waals surface area contributed by atoms with E-state index in [2.05, 4.69) is 11.2 Å². The average molecular weight is 366 g/mol. The van der Waals surface area contributed by atoms with E-state index in [1.807, 2.05) is 18.2 Å². The third-order valence-electron chi connectivity index (χ3n) is 4.57. The highest BCUT2D eigenvalue weighted by molar-refractivity contribution is 5.95. The topological polar surface area (TPSA) is 55.6 Å². The molecule has 1 amide bonds. The van der Waals surface area contributed by atoms with Crippen LogP contribution in [0.4, 0.5) is 10.1 Å². The van der Waals surface area contributed by atoms with Crippen molar-refractivity contribution in [1.82, 2.24) is 5.16 Å². The lowest BCUT2D eigenvalue weighted by atomic mass is 10.0. The molecular formula is C21H19FN2O3. The number of fused-ring (bicyclic) bond motifs is 1. The van der Waals surface area contributed by atoms with E-state index >= 15 is 0 Å². The van der Waals surface area contributed by atoms with Crippen LogP contribution < -0.4 is 4.90 Å². The lowest BCUT2D eigenvalue weighted by Gasteiger charge is -2.29. The summed E-state index contributed by atoms with van der Waals surface area (Å²) in [6, 6.07) is 15.7. The third kappa shape index (κ3) is 3.90. The number of rotatable bonds is 5. The van der Waals surface area contributed by atoms with Gasteiger partial charge in [-0.3, -0.25) is 4.79 Å². The predicted molar refractivity (Wildman–Crippen MR) is 98.7 cm³/mol. The molecule has 2 heterocycles. The minimum Gasteiger partial charge on any atom is -0.365 e. The molecule has 4 rings (SSSR count). The maximum absolute atomic E-state index is 13.0. The number of aryl methyl sites for hydroxylation is 1. The van der Waals surface area contributed by atoms with Crippen LogP contribution in [0.3, 0.4) is 0 Å². The first-order valence-electron chi connectivity index (χ1n) is 8.88. The molecule has 0 spiro atoms. The lowest BCUT2D eigenvalue weighted by molar-refractivity contribution is -0.123. The quantitative estimate of drug-likeness (QED) is 0.685. The third-order valence-corrected chi connectivity index (χ3v) is 4.57. The number of anilines is 1. The van der Waals surface area contributed by atoms with Crippen molar-refractivity contribution in [2.45, 2.75) is 19.4 Å². The Morgan fingerprint density at radius 3 is 2.85 bits per heavy atom. The van der Waals surface area contributed by atoms with E-state index in [4.69, 9.17) is 9.26 Å². The zero-order valence-electron chi connectivity index (χ0n) is 14.7. The van der Waals surface area contributed by atoms with Crippen LogP contribution in [-0.4, -0.2) is 24.2 Å². The van der Waals surface area contributed by atoms with Crippen LogP contribution in [0.25, 0.3) is 11.3 Å². The van der Waals surface area contributed by atoms with Gasteiger partial charge in [0.2, 0.25) is 0 Å². The second-order valence-corrected chi connectivity index (χ2v) is 6.46. The molecule has 1 aromatic heterocycles. The van der Waals surface area contributed by atoms with Crippen LogP contribution in [-0.2, 0) is 22.6 Å². The van der Waals surface area contributed by atoms with Gasteiger partial charge in [0.1, 0.15) is 18.1 Å². The second kappa shape index (κ2) is 7.72. The Labute approximate surface area is 156 Å². The maximum Gasteiger partial charge on any atom is 0.252 e. The molecule has 138 valence electrons. The number of halogens is 1. The standard InChI is InChI=1S/C21H19FN2O3/c22-17-9-7-16(8-10-17)20-12-18(23-27-20)13-26-14-21(25)24-11-3-5-15-4-1-2-6-19(15)24/h1-2,4,6-10,12H,3,5,11,13-14H2. The smallest absolute Gasteiger partial charge is 0.252 e. The molecule has 0 saturated carbocycles. The second-order valence-electron chi connectivity index (χ2n) is 6.46. The Morgan fingerprint density at radius 2 is 2.00 bits per heavy atom. The summed E-state index contributed by atoms with van der Waals surface area (Å²) in [6.45, 7) is 0.858. The molecule has 0 unspecified atom stereocenters. The van der Waals surface area contributed by atoms with Crippen molar-refractivity contribution in [2.75, 3.05) is 18.1 Å². The Balaban J connectivity index is 1.34. The zero-order chi connectivity index (χ0) is 18.6. The van der Waals surface area contributed by atoms with E-state index in [1.54, 1.807) is 23.1 Å². The molecule has 2 aromatic carbocycles. The summed E-state index contributed by atoms with van der Waals surface area (Å²) in [5.41, 5.74) is 3.48. The Kier molecular flexibility index (Phi) is 4.98. The summed E-state index contributed by atoms with van der Waals surface area (Å²) in [5, 5.41) is 3.94. The molecule has 1 aliphatic rings. The molecule has 6 heteroatoms. The van der Waals surface area contributed by atoms with E-state index in [9.17, 15) is 9.18 Å². The molecule has 1 aliphatic heterocycles. The number of ether oxygens (including phenoxy) is 1. The first-order chi connectivity index (χ1) is 13.2. The number of hydrogen-bond donors (Lipinski definition) is 0. The van der Waals surface area contributed by atoms with Crippen molar-refractivity contribution in [2.24, 2.45) is 0 Å². The highest BCUT2D eigenvalue weighted by Gasteiger charge is 2.22. The van der Waals surface area contributed by atoms with E-state index in [1.165, 1.54) is 17.7 Å². The SMILES string of the molecule is O=C(COCc1cc(-c2ccc(F)cc2)on1)N1CCCc2ccccc21. The van der Waals surface area contributed by atoms with Crippen molar-refractivity contribution in [3.8, 4) is 11.3 Å². The molecule has 0 bridgehead atoms. The molecule has 0 radical (unpaired) electrons. The van der Waals surface area contributed by atoms with Gasteiger partial charge in [-0.1, -0.05) is 23.4 Å². The lowest BCUT2D eigenvalue weighted by Crippen LogP contribution is -2.37. The Hall–Kier alpha value is -2.99. The van der Waals surface area contributed by atoms with Gasteiger partial charge in [-0.2, -0.15) is 0 Å². The maximum atomic E-state index is 13.0. The number of para-hydroxylation sites is 1. The Morgan fingerprint density at radius 1 is 1.19 bits per heavy atom. The van der Waals surface area contributed by atoms with Gasteiger partial charge in [0.05, 0.1) is 6.61 Å². The van der Waals surface area contributed by atoms with Crippen LogP contribution in [0.1, 0.15) is 17.7 Å². The average Bonchev–Trinajstić information content (AvgIpc) is 3.17. The van der Waals surface area contributed by atoms with Crippen molar-refractivity contribution < 1.29 is 18.4 Å². The minimum atomic E-state index is -0.306. The van der Waals surface area contributed by atoms with Crippen LogP contribution in [0.15, 0.2) is 59.1 Å². The van der Waals surface area contributed by atoms with E-state index in [0.717, 1.165) is 24.1 Å². The molecule has 3 aromatic rings. The fraction of sp³-hybridized carbons (Fsp3) is 0.238. The summed E-state index contributed by atoms with van der Waals surface area (Å²) >= 11 is 0. The number of aromatic nitrogens is 1. The van der Waals surface area contributed by atoms with Crippen molar-refractivity contribution in [1.29, 1.82) is 0 Å². The fourth-order valence-corrected chi connectivity index (χ4v) is 3.24. The van der Waals surface area contributed by atoms with Gasteiger partial charge < -0.3 is 14.2 Å². The summed E-state index contributed by atoms with van der Waals surface area (Å²) in [4.78, 5) is 14.3. The van der Waals surface area contributed by atoms with Gasteiger partial charge in [0, 0.05) is 23.9 Å². The van der Waals surface area contributed by atoms with Crippen LogP contribution >= 0.6 is 0 Å². The summed E-state index contributed by atoms with van der Waals surface area (Å²) in [5.74, 6) is 0.161. The zero-order valence-corrected chi connectivity index (χ0v) is 14.7. The largest absolute Gasteiger partial charge is 0.365 e. The first-order valence-corrected chi connectivity index (χ1v) is 8.88. The molecule has 0 saturated heterocycles.